The molecule has 7 nitrogen and oxygen atoms in total. The summed E-state index contributed by atoms with van der Waals surface area (Å²) < 4.78 is 0. The lowest BCUT2D eigenvalue weighted by Gasteiger charge is -2.31. The topological polar surface area (TPSA) is 99.9 Å². The van der Waals surface area contributed by atoms with Gasteiger partial charge in [0, 0.05) is 24.2 Å². The van der Waals surface area contributed by atoms with E-state index in [1.54, 1.807) is 12.1 Å². The minimum absolute atomic E-state index is 0.0351. The van der Waals surface area contributed by atoms with Gasteiger partial charge in [0.1, 0.15) is 0 Å². The fourth-order valence-corrected chi connectivity index (χ4v) is 2.82. The van der Waals surface area contributed by atoms with E-state index in [4.69, 9.17) is 17.3 Å². The molecule has 1 fully saturated rings. The Bertz CT molecular complexity index is 663. The molecule has 4 N–H and O–H groups in total. The summed E-state index contributed by atoms with van der Waals surface area (Å²) in [7, 11) is 0. The van der Waals surface area contributed by atoms with Crippen LogP contribution in [0.4, 0.5) is 11.9 Å². The Balaban J connectivity index is 1.46. The molecule has 2 heterocycles. The first-order valence-electron chi connectivity index (χ1n) is 7.57. The number of nitrogens with two attached hydrogens (primary N) is 1. The van der Waals surface area contributed by atoms with E-state index in [1.807, 2.05) is 12.1 Å². The fourth-order valence-electron chi connectivity index (χ4n) is 2.70. The van der Waals surface area contributed by atoms with Gasteiger partial charge in [-0.2, -0.15) is 4.98 Å². The summed E-state index contributed by atoms with van der Waals surface area (Å²) in [6.07, 6.45) is 2.09. The number of piperidine rings is 1. The van der Waals surface area contributed by atoms with Crippen LogP contribution in [0.15, 0.2) is 24.3 Å². The zero-order chi connectivity index (χ0) is 16.2. The Morgan fingerprint density at radius 3 is 2.65 bits per heavy atom. The Labute approximate surface area is 139 Å². The normalized spacial score (nSPS) is 15.6. The molecule has 0 unspecified atom stereocenters. The van der Waals surface area contributed by atoms with Gasteiger partial charge in [0.2, 0.25) is 17.8 Å². The van der Waals surface area contributed by atoms with E-state index < -0.39 is 0 Å². The van der Waals surface area contributed by atoms with Gasteiger partial charge < -0.3 is 16.0 Å². The van der Waals surface area contributed by atoms with Gasteiger partial charge in [-0.1, -0.05) is 23.7 Å². The molecule has 8 heteroatoms. The number of carbonyl (C=O) groups excluding carboxylic acids is 1. The van der Waals surface area contributed by atoms with Gasteiger partial charge in [0.25, 0.3) is 0 Å². The van der Waals surface area contributed by atoms with Gasteiger partial charge in [-0.25, -0.2) is 5.10 Å². The molecule has 1 aromatic carbocycles. The number of hydrogen-bond donors (Lipinski definition) is 3. The molecule has 2 aromatic rings. The highest BCUT2D eigenvalue weighted by molar-refractivity contribution is 6.30. The second-order valence-corrected chi connectivity index (χ2v) is 6.09. The molecule has 1 aliphatic heterocycles. The smallest absolute Gasteiger partial charge is 0.246 e. The van der Waals surface area contributed by atoms with Crippen LogP contribution in [0, 0.1) is 0 Å². The number of nitrogen functional groups attached to an aromatic ring is 1. The van der Waals surface area contributed by atoms with Crippen molar-refractivity contribution in [3.63, 3.8) is 0 Å². The molecular weight excluding hydrogens is 316 g/mol. The molecule has 3 rings (SSSR count). The van der Waals surface area contributed by atoms with Crippen molar-refractivity contribution in [3.05, 3.63) is 34.9 Å². The van der Waals surface area contributed by atoms with Crippen LogP contribution in [0.1, 0.15) is 18.4 Å². The lowest BCUT2D eigenvalue weighted by molar-refractivity contribution is -0.121. The number of H-pyrrole nitrogens is 1. The van der Waals surface area contributed by atoms with Crippen LogP contribution >= 0.6 is 11.6 Å². The Morgan fingerprint density at radius 2 is 2.04 bits per heavy atom. The zero-order valence-electron chi connectivity index (χ0n) is 12.6. The third-order valence-electron chi connectivity index (χ3n) is 3.91. The van der Waals surface area contributed by atoms with Crippen LogP contribution < -0.4 is 16.0 Å². The summed E-state index contributed by atoms with van der Waals surface area (Å²) >= 11 is 5.84. The van der Waals surface area contributed by atoms with E-state index in [0.29, 0.717) is 23.3 Å². The number of aromatic amines is 1. The standard InChI is InChI=1S/C15H19ClN6O/c16-11-3-1-10(2-4-11)9-13(23)18-12-5-7-22(8-6-12)15-19-14(17)20-21-15/h1-4,12H,5-9H2,(H,18,23)(H3,17,19,20,21). The Morgan fingerprint density at radius 1 is 1.35 bits per heavy atom. The summed E-state index contributed by atoms with van der Waals surface area (Å²) in [4.78, 5) is 18.3. The predicted molar refractivity (Wildman–Crippen MR) is 89.3 cm³/mol. The lowest BCUT2D eigenvalue weighted by atomic mass is 10.0. The SMILES string of the molecule is Nc1nc(N2CCC(NC(=O)Cc3ccc(Cl)cc3)CC2)n[nH]1. The van der Waals surface area contributed by atoms with Crippen LogP contribution in [0.5, 0.6) is 0 Å². The summed E-state index contributed by atoms with van der Waals surface area (Å²) in [5.74, 6) is 0.972. The van der Waals surface area contributed by atoms with E-state index >= 15 is 0 Å². The molecular formula is C15H19ClN6O. The summed E-state index contributed by atoms with van der Waals surface area (Å²) in [6, 6.07) is 7.52. The number of carbonyl (C=O) groups is 1. The van der Waals surface area contributed by atoms with Crippen molar-refractivity contribution >= 4 is 29.4 Å². The highest BCUT2D eigenvalue weighted by Gasteiger charge is 2.22. The molecule has 0 atom stereocenters. The number of anilines is 2. The predicted octanol–water partition coefficient (Wildman–Crippen LogP) is 1.37. The monoisotopic (exact) mass is 334 g/mol. The maximum atomic E-state index is 12.1. The van der Waals surface area contributed by atoms with E-state index in [9.17, 15) is 4.79 Å². The zero-order valence-corrected chi connectivity index (χ0v) is 13.4. The van der Waals surface area contributed by atoms with Crippen molar-refractivity contribution in [1.82, 2.24) is 20.5 Å². The van der Waals surface area contributed by atoms with E-state index in [0.717, 1.165) is 31.5 Å². The maximum Gasteiger partial charge on any atom is 0.246 e. The molecule has 23 heavy (non-hydrogen) atoms. The number of nitrogens with zero attached hydrogens (tertiary/aromatic N) is 3. The summed E-state index contributed by atoms with van der Waals surface area (Å²) in [5, 5.41) is 10.5. The van der Waals surface area contributed by atoms with Crippen molar-refractivity contribution in [3.8, 4) is 0 Å². The van der Waals surface area contributed by atoms with Crippen LogP contribution in [-0.4, -0.2) is 40.2 Å². The molecule has 0 spiro atoms. The molecule has 0 saturated carbocycles. The largest absolute Gasteiger partial charge is 0.368 e. The van der Waals surface area contributed by atoms with Gasteiger partial charge >= 0.3 is 0 Å². The number of benzene rings is 1. The van der Waals surface area contributed by atoms with Gasteiger partial charge in [0.05, 0.1) is 6.42 Å². The van der Waals surface area contributed by atoms with Gasteiger partial charge in [-0.15, -0.1) is 5.10 Å². The number of rotatable bonds is 4. The maximum absolute atomic E-state index is 12.1. The van der Waals surface area contributed by atoms with Crippen molar-refractivity contribution in [2.75, 3.05) is 23.7 Å². The highest BCUT2D eigenvalue weighted by Crippen LogP contribution is 2.16. The fraction of sp³-hybridized carbons (Fsp3) is 0.400. The highest BCUT2D eigenvalue weighted by atomic mass is 35.5. The second-order valence-electron chi connectivity index (χ2n) is 5.65. The average molecular weight is 335 g/mol. The van der Waals surface area contributed by atoms with Crippen molar-refractivity contribution in [2.45, 2.75) is 25.3 Å². The van der Waals surface area contributed by atoms with Gasteiger partial charge in [-0.3, -0.25) is 4.79 Å². The number of hydrogen-bond acceptors (Lipinski definition) is 5. The summed E-state index contributed by atoms with van der Waals surface area (Å²) in [5.41, 5.74) is 6.50. The van der Waals surface area contributed by atoms with E-state index in [1.165, 1.54) is 0 Å². The van der Waals surface area contributed by atoms with Crippen molar-refractivity contribution in [2.24, 2.45) is 0 Å². The van der Waals surface area contributed by atoms with Gasteiger partial charge in [0.15, 0.2) is 0 Å². The third-order valence-corrected chi connectivity index (χ3v) is 4.16. The first kappa shape index (κ1) is 15.6. The molecule has 1 amide bonds. The average Bonchev–Trinajstić information content (AvgIpc) is 2.97. The van der Waals surface area contributed by atoms with Gasteiger partial charge in [-0.05, 0) is 30.5 Å². The van der Waals surface area contributed by atoms with E-state index in [2.05, 4.69) is 25.4 Å². The molecule has 0 radical (unpaired) electrons. The Hall–Kier alpha value is -2.28. The Kier molecular flexibility index (Phi) is 4.66. The van der Waals surface area contributed by atoms with E-state index in [-0.39, 0.29) is 11.9 Å². The third kappa shape index (κ3) is 4.13. The van der Waals surface area contributed by atoms with Crippen LogP contribution in [0.25, 0.3) is 0 Å². The number of nitrogens with one attached hydrogen (secondary N) is 2. The minimum Gasteiger partial charge on any atom is -0.368 e. The number of halogens is 1. The molecule has 122 valence electrons. The molecule has 0 aliphatic carbocycles. The quantitative estimate of drug-likeness (QED) is 0.784. The second kappa shape index (κ2) is 6.87. The summed E-state index contributed by atoms with van der Waals surface area (Å²) in [6.45, 7) is 1.59. The molecule has 0 bridgehead atoms. The van der Waals surface area contributed by atoms with Crippen molar-refractivity contribution in [1.29, 1.82) is 0 Å². The molecule has 1 saturated heterocycles. The van der Waals surface area contributed by atoms with Crippen LogP contribution in [-0.2, 0) is 11.2 Å². The number of amides is 1. The molecule has 1 aliphatic rings. The van der Waals surface area contributed by atoms with Crippen LogP contribution in [0.3, 0.4) is 0 Å². The first-order valence-corrected chi connectivity index (χ1v) is 7.94. The van der Waals surface area contributed by atoms with Crippen molar-refractivity contribution < 1.29 is 4.79 Å². The number of aromatic nitrogens is 3. The molecule has 1 aromatic heterocycles. The minimum atomic E-state index is 0.0351. The van der Waals surface area contributed by atoms with Crippen LogP contribution in [0.2, 0.25) is 5.02 Å². The first-order chi connectivity index (χ1) is 11.1. The lowest BCUT2D eigenvalue weighted by Crippen LogP contribution is -2.45.